The summed E-state index contributed by atoms with van der Waals surface area (Å²) in [6.45, 7) is 1.91. The zero-order valence-corrected chi connectivity index (χ0v) is 13.9. The van der Waals surface area contributed by atoms with Gasteiger partial charge in [-0.15, -0.1) is 0 Å². The molecule has 7 heteroatoms. The molecular formula is C15H11Cl2N3OS. The molecule has 22 heavy (non-hydrogen) atoms. The summed E-state index contributed by atoms with van der Waals surface area (Å²) in [7, 11) is 0. The van der Waals surface area contributed by atoms with Gasteiger partial charge < -0.3 is 0 Å². The molecule has 2 aromatic heterocycles. The van der Waals surface area contributed by atoms with Gasteiger partial charge in [-0.3, -0.25) is 4.40 Å². The SMILES string of the molecule is Cc1cccn2c(=O)nc(SCc3ccc(Cl)c(Cl)c3)nc12. The fourth-order valence-electron chi connectivity index (χ4n) is 2.00. The van der Waals surface area contributed by atoms with Crippen LogP contribution in [0.2, 0.25) is 10.0 Å². The van der Waals surface area contributed by atoms with Gasteiger partial charge in [-0.2, -0.15) is 4.98 Å². The van der Waals surface area contributed by atoms with E-state index in [2.05, 4.69) is 9.97 Å². The zero-order valence-electron chi connectivity index (χ0n) is 11.6. The van der Waals surface area contributed by atoms with Crippen LogP contribution < -0.4 is 5.69 Å². The van der Waals surface area contributed by atoms with Crippen LogP contribution >= 0.6 is 35.0 Å². The third-order valence-corrected chi connectivity index (χ3v) is 4.77. The van der Waals surface area contributed by atoms with E-state index >= 15 is 0 Å². The summed E-state index contributed by atoms with van der Waals surface area (Å²) in [5.41, 5.74) is 2.22. The van der Waals surface area contributed by atoms with Crippen LogP contribution in [0.25, 0.3) is 5.65 Å². The molecule has 0 saturated carbocycles. The quantitative estimate of drug-likeness (QED) is 0.669. The second-order valence-electron chi connectivity index (χ2n) is 4.71. The molecular weight excluding hydrogens is 341 g/mol. The Hall–Kier alpha value is -1.56. The molecule has 112 valence electrons. The number of halogens is 2. The predicted octanol–water partition coefficient (Wildman–Crippen LogP) is 4.00. The lowest BCUT2D eigenvalue weighted by molar-refractivity contribution is 0.842. The van der Waals surface area contributed by atoms with E-state index < -0.39 is 0 Å². The number of pyridine rings is 1. The van der Waals surface area contributed by atoms with E-state index in [9.17, 15) is 4.79 Å². The molecule has 3 aromatic rings. The van der Waals surface area contributed by atoms with Crippen LogP contribution in [0.4, 0.5) is 0 Å². The first kappa shape index (κ1) is 15.3. The second-order valence-corrected chi connectivity index (χ2v) is 6.47. The van der Waals surface area contributed by atoms with Crippen molar-refractivity contribution in [3.05, 3.63) is 68.2 Å². The minimum Gasteiger partial charge on any atom is -0.251 e. The van der Waals surface area contributed by atoms with Gasteiger partial charge in [-0.25, -0.2) is 9.78 Å². The Morgan fingerprint density at radius 3 is 2.77 bits per heavy atom. The molecule has 0 amide bonds. The summed E-state index contributed by atoms with van der Waals surface area (Å²) in [5.74, 6) is 0.610. The fraction of sp³-hybridized carbons (Fsp3) is 0.133. The summed E-state index contributed by atoms with van der Waals surface area (Å²) >= 11 is 13.3. The molecule has 0 aliphatic carbocycles. The van der Waals surface area contributed by atoms with Gasteiger partial charge in [0.2, 0.25) is 0 Å². The van der Waals surface area contributed by atoms with E-state index in [0.717, 1.165) is 11.1 Å². The summed E-state index contributed by atoms with van der Waals surface area (Å²) in [6, 6.07) is 9.15. The van der Waals surface area contributed by atoms with E-state index in [4.69, 9.17) is 23.2 Å². The summed E-state index contributed by atoms with van der Waals surface area (Å²) in [4.78, 5) is 20.5. The first-order valence-corrected chi connectivity index (χ1v) is 8.21. The maximum absolute atomic E-state index is 12.0. The average Bonchev–Trinajstić information content (AvgIpc) is 2.50. The second kappa shape index (κ2) is 6.28. The van der Waals surface area contributed by atoms with Crippen LogP contribution in [0.15, 0.2) is 46.5 Å². The van der Waals surface area contributed by atoms with E-state index in [0.29, 0.717) is 26.6 Å². The topological polar surface area (TPSA) is 47.3 Å². The van der Waals surface area contributed by atoms with Gasteiger partial charge in [0.25, 0.3) is 0 Å². The molecule has 3 rings (SSSR count). The summed E-state index contributed by atoms with van der Waals surface area (Å²) in [6.07, 6.45) is 1.66. The Kier molecular flexibility index (Phi) is 4.38. The molecule has 0 radical (unpaired) electrons. The maximum atomic E-state index is 12.0. The smallest absolute Gasteiger partial charge is 0.251 e. The molecule has 1 aromatic carbocycles. The predicted molar refractivity (Wildman–Crippen MR) is 90.0 cm³/mol. The number of hydrogen-bond donors (Lipinski definition) is 0. The molecule has 2 heterocycles. The van der Waals surface area contributed by atoms with E-state index in [1.807, 2.05) is 19.1 Å². The van der Waals surface area contributed by atoms with Crippen molar-refractivity contribution in [2.24, 2.45) is 0 Å². The van der Waals surface area contributed by atoms with Crippen LogP contribution in [0.3, 0.4) is 0 Å². The van der Waals surface area contributed by atoms with Crippen molar-refractivity contribution >= 4 is 40.6 Å². The van der Waals surface area contributed by atoms with Crippen molar-refractivity contribution < 1.29 is 0 Å². The van der Waals surface area contributed by atoms with Crippen LogP contribution in [-0.4, -0.2) is 14.4 Å². The van der Waals surface area contributed by atoms with Crippen molar-refractivity contribution in [1.29, 1.82) is 0 Å². The van der Waals surface area contributed by atoms with Gasteiger partial charge in [0.1, 0.15) is 5.65 Å². The van der Waals surface area contributed by atoms with Gasteiger partial charge in [0.05, 0.1) is 10.0 Å². The van der Waals surface area contributed by atoms with Gasteiger partial charge >= 0.3 is 5.69 Å². The average molecular weight is 352 g/mol. The lowest BCUT2D eigenvalue weighted by atomic mass is 10.2. The van der Waals surface area contributed by atoms with Gasteiger partial charge in [-0.05, 0) is 36.2 Å². The van der Waals surface area contributed by atoms with E-state index in [-0.39, 0.29) is 5.69 Å². The third kappa shape index (κ3) is 3.11. The van der Waals surface area contributed by atoms with E-state index in [1.165, 1.54) is 16.2 Å². The Labute approximate surface area is 141 Å². The highest BCUT2D eigenvalue weighted by Crippen LogP contribution is 2.26. The molecule has 0 atom stereocenters. The number of nitrogens with zero attached hydrogens (tertiary/aromatic N) is 3. The lowest BCUT2D eigenvalue weighted by Crippen LogP contribution is -2.19. The number of hydrogen-bond acceptors (Lipinski definition) is 4. The molecule has 0 spiro atoms. The first-order chi connectivity index (χ1) is 10.5. The Balaban J connectivity index is 1.89. The number of aromatic nitrogens is 3. The Bertz CT molecular complexity index is 911. The van der Waals surface area contributed by atoms with Gasteiger partial charge in [0, 0.05) is 11.9 Å². The highest BCUT2D eigenvalue weighted by molar-refractivity contribution is 7.98. The highest BCUT2D eigenvalue weighted by atomic mass is 35.5. The molecule has 0 fully saturated rings. The lowest BCUT2D eigenvalue weighted by Gasteiger charge is -2.05. The van der Waals surface area contributed by atoms with Crippen molar-refractivity contribution in [2.75, 3.05) is 0 Å². The van der Waals surface area contributed by atoms with E-state index in [1.54, 1.807) is 24.4 Å². The number of benzene rings is 1. The number of thioether (sulfide) groups is 1. The molecule has 0 aliphatic rings. The van der Waals surface area contributed by atoms with Gasteiger partial charge in [0.15, 0.2) is 5.16 Å². The van der Waals surface area contributed by atoms with Crippen LogP contribution in [0, 0.1) is 6.92 Å². The van der Waals surface area contributed by atoms with Crippen molar-refractivity contribution in [3.63, 3.8) is 0 Å². The summed E-state index contributed by atoms with van der Waals surface area (Å²) in [5, 5.41) is 1.48. The van der Waals surface area contributed by atoms with Crippen LogP contribution in [0.5, 0.6) is 0 Å². The normalized spacial score (nSPS) is 11.0. The summed E-state index contributed by atoms with van der Waals surface area (Å²) < 4.78 is 1.44. The minimum atomic E-state index is -0.328. The third-order valence-electron chi connectivity index (χ3n) is 3.11. The molecule has 4 nitrogen and oxygen atoms in total. The molecule has 0 saturated heterocycles. The maximum Gasteiger partial charge on any atom is 0.355 e. The number of fused-ring (bicyclic) bond motifs is 1. The monoisotopic (exact) mass is 351 g/mol. The standard InChI is InChI=1S/C15H11Cl2N3OS/c1-9-3-2-6-20-13(9)18-14(19-15(20)21)22-8-10-4-5-11(16)12(17)7-10/h2-7H,8H2,1H3. The van der Waals surface area contributed by atoms with Crippen LogP contribution in [0.1, 0.15) is 11.1 Å². The molecule has 0 bridgehead atoms. The molecule has 0 N–H and O–H groups in total. The van der Waals surface area contributed by atoms with Crippen LogP contribution in [-0.2, 0) is 5.75 Å². The largest absolute Gasteiger partial charge is 0.355 e. The van der Waals surface area contributed by atoms with Crippen molar-refractivity contribution in [2.45, 2.75) is 17.8 Å². The molecule has 0 unspecified atom stereocenters. The zero-order chi connectivity index (χ0) is 15.7. The van der Waals surface area contributed by atoms with Crippen molar-refractivity contribution in [3.8, 4) is 0 Å². The number of rotatable bonds is 3. The highest BCUT2D eigenvalue weighted by Gasteiger charge is 2.07. The minimum absolute atomic E-state index is 0.328. The Morgan fingerprint density at radius 1 is 1.18 bits per heavy atom. The Morgan fingerprint density at radius 2 is 2.00 bits per heavy atom. The first-order valence-electron chi connectivity index (χ1n) is 6.47. The van der Waals surface area contributed by atoms with Crippen molar-refractivity contribution in [1.82, 2.24) is 14.4 Å². The fourth-order valence-corrected chi connectivity index (χ4v) is 3.09. The number of aryl methyl sites for hydroxylation is 1. The van der Waals surface area contributed by atoms with Gasteiger partial charge in [-0.1, -0.05) is 47.1 Å². The molecule has 0 aliphatic heterocycles.